The van der Waals surface area contributed by atoms with E-state index >= 15 is 0 Å². The average molecular weight is 549 g/mol. The second-order valence-corrected chi connectivity index (χ2v) is 11.3. The molecule has 10 rings (SSSR count). The molecular weight excluding hydrogens is 524 g/mol. The summed E-state index contributed by atoms with van der Waals surface area (Å²) in [5.74, 6) is 0.908. The van der Waals surface area contributed by atoms with E-state index in [0.29, 0.717) is 0 Å². The van der Waals surface area contributed by atoms with E-state index in [-0.39, 0.29) is 0 Å². The van der Waals surface area contributed by atoms with Crippen LogP contribution in [0.15, 0.2) is 146 Å². The summed E-state index contributed by atoms with van der Waals surface area (Å²) >= 11 is 0. The minimum atomic E-state index is 0.908. The monoisotopic (exact) mass is 548 g/mol. The van der Waals surface area contributed by atoms with Crippen molar-refractivity contribution in [1.29, 1.82) is 0 Å². The molecule has 0 aliphatic heterocycles. The number of hydrogen-bond donors (Lipinski definition) is 0. The number of nitrogens with zero attached hydrogens (tertiary/aromatic N) is 4. The highest BCUT2D eigenvalue weighted by molar-refractivity contribution is 6.25. The van der Waals surface area contributed by atoms with Gasteiger partial charge >= 0.3 is 0 Å². The molecule has 0 amide bonds. The molecule has 0 N–H and O–H groups in total. The van der Waals surface area contributed by atoms with E-state index in [4.69, 9.17) is 4.98 Å². The molecule has 0 saturated carbocycles. The van der Waals surface area contributed by atoms with E-state index in [2.05, 4.69) is 159 Å². The van der Waals surface area contributed by atoms with Crippen LogP contribution in [0.1, 0.15) is 0 Å². The Bertz CT molecular complexity index is 2690. The summed E-state index contributed by atoms with van der Waals surface area (Å²) in [6.07, 6.45) is 0. The average Bonchev–Trinajstić information content (AvgIpc) is 3.71. The van der Waals surface area contributed by atoms with Crippen molar-refractivity contribution >= 4 is 71.2 Å². The smallest absolute Gasteiger partial charge is 0.221 e. The van der Waals surface area contributed by atoms with Crippen LogP contribution in [0, 0.1) is 0 Å². The predicted octanol–water partition coefficient (Wildman–Crippen LogP) is 9.83. The highest BCUT2D eigenvalue weighted by Crippen LogP contribution is 2.40. The SMILES string of the molecule is c1ccc(-n2c3ccccc3c3c2n2c4ccccc4nc2n3-c2ccc3c4ccccc4c4ccccc4c3c2)cc1. The molecule has 0 aliphatic rings. The Morgan fingerprint density at radius 2 is 0.953 bits per heavy atom. The molecule has 4 nitrogen and oxygen atoms in total. The van der Waals surface area contributed by atoms with Gasteiger partial charge in [-0.3, -0.25) is 13.5 Å². The van der Waals surface area contributed by atoms with Crippen LogP contribution in [0.25, 0.3) is 82.6 Å². The zero-order chi connectivity index (χ0) is 28.1. The summed E-state index contributed by atoms with van der Waals surface area (Å²) in [5.41, 5.74) is 7.73. The predicted molar refractivity (Wildman–Crippen MR) is 179 cm³/mol. The van der Waals surface area contributed by atoms with Gasteiger partial charge in [-0.25, -0.2) is 4.98 Å². The number of rotatable bonds is 2. The van der Waals surface area contributed by atoms with Crippen molar-refractivity contribution in [3.63, 3.8) is 0 Å². The largest absolute Gasteiger partial charge is 0.294 e. The third kappa shape index (κ3) is 2.97. The lowest BCUT2D eigenvalue weighted by Crippen LogP contribution is -1.97. The summed E-state index contributed by atoms with van der Waals surface area (Å²) in [6, 6.07) is 52.2. The maximum atomic E-state index is 5.25. The number of benzene rings is 7. The Hall–Kier alpha value is -5.87. The molecule has 7 aromatic carbocycles. The minimum Gasteiger partial charge on any atom is -0.294 e. The molecule has 0 radical (unpaired) electrons. The maximum Gasteiger partial charge on any atom is 0.221 e. The molecule has 0 aliphatic carbocycles. The van der Waals surface area contributed by atoms with Crippen molar-refractivity contribution in [2.45, 2.75) is 0 Å². The number of aromatic nitrogens is 4. The van der Waals surface area contributed by atoms with E-state index in [1.54, 1.807) is 0 Å². The third-order valence-electron chi connectivity index (χ3n) is 9.00. The Morgan fingerprint density at radius 1 is 0.395 bits per heavy atom. The normalized spacial score (nSPS) is 12.2. The van der Waals surface area contributed by atoms with Crippen LogP contribution in [-0.2, 0) is 0 Å². The van der Waals surface area contributed by atoms with Gasteiger partial charge in [-0.1, -0.05) is 103 Å². The first-order valence-corrected chi connectivity index (χ1v) is 14.7. The van der Waals surface area contributed by atoms with E-state index < -0.39 is 0 Å². The number of fused-ring (bicyclic) bond motifs is 13. The molecule has 10 aromatic rings. The topological polar surface area (TPSA) is 27.2 Å². The number of hydrogen-bond acceptors (Lipinski definition) is 1. The van der Waals surface area contributed by atoms with Gasteiger partial charge in [-0.15, -0.1) is 0 Å². The molecular formula is C39H24N4. The molecule has 0 saturated heterocycles. The first-order chi connectivity index (χ1) is 21.4. The van der Waals surface area contributed by atoms with Crippen LogP contribution >= 0.6 is 0 Å². The Labute approximate surface area is 246 Å². The summed E-state index contributed by atoms with van der Waals surface area (Å²) < 4.78 is 7.08. The Morgan fingerprint density at radius 3 is 1.67 bits per heavy atom. The van der Waals surface area contributed by atoms with Gasteiger partial charge in [0.15, 0.2) is 5.65 Å². The molecule has 3 heterocycles. The zero-order valence-corrected chi connectivity index (χ0v) is 23.1. The van der Waals surface area contributed by atoms with Gasteiger partial charge in [0.2, 0.25) is 5.78 Å². The van der Waals surface area contributed by atoms with Crippen molar-refractivity contribution in [2.75, 3.05) is 0 Å². The van der Waals surface area contributed by atoms with Crippen LogP contribution in [-0.4, -0.2) is 18.5 Å². The van der Waals surface area contributed by atoms with Crippen LogP contribution in [0.5, 0.6) is 0 Å². The van der Waals surface area contributed by atoms with Crippen molar-refractivity contribution in [1.82, 2.24) is 18.5 Å². The quantitative estimate of drug-likeness (QED) is 0.198. The first-order valence-electron chi connectivity index (χ1n) is 14.7. The van der Waals surface area contributed by atoms with Crippen molar-refractivity contribution < 1.29 is 0 Å². The van der Waals surface area contributed by atoms with Gasteiger partial charge in [0.05, 0.1) is 16.6 Å². The van der Waals surface area contributed by atoms with Crippen LogP contribution in [0.4, 0.5) is 0 Å². The summed E-state index contributed by atoms with van der Waals surface area (Å²) in [6.45, 7) is 0. The van der Waals surface area contributed by atoms with Crippen LogP contribution in [0.2, 0.25) is 0 Å². The summed E-state index contributed by atoms with van der Waals surface area (Å²) in [7, 11) is 0. The molecule has 4 heteroatoms. The van der Waals surface area contributed by atoms with Gasteiger partial charge in [-0.05, 0) is 74.8 Å². The minimum absolute atomic E-state index is 0.908. The van der Waals surface area contributed by atoms with Gasteiger partial charge in [0, 0.05) is 16.8 Å². The first kappa shape index (κ1) is 22.8. The van der Waals surface area contributed by atoms with E-state index in [1.165, 1.54) is 43.2 Å². The molecule has 0 atom stereocenters. The summed E-state index contributed by atoms with van der Waals surface area (Å²) in [5, 5.41) is 8.80. The third-order valence-corrected chi connectivity index (χ3v) is 9.00. The highest BCUT2D eigenvalue weighted by Gasteiger charge is 2.25. The fourth-order valence-electron chi connectivity index (χ4n) is 7.23. The molecule has 200 valence electrons. The van der Waals surface area contributed by atoms with E-state index in [1.807, 2.05) is 0 Å². The zero-order valence-electron chi connectivity index (χ0n) is 23.1. The van der Waals surface area contributed by atoms with Crippen LogP contribution in [0.3, 0.4) is 0 Å². The van der Waals surface area contributed by atoms with Crippen molar-refractivity contribution in [2.24, 2.45) is 0 Å². The Balaban J connectivity index is 1.43. The second-order valence-electron chi connectivity index (χ2n) is 11.3. The maximum absolute atomic E-state index is 5.25. The Kier molecular flexibility index (Phi) is 4.42. The lowest BCUT2D eigenvalue weighted by molar-refractivity contribution is 1.09. The highest BCUT2D eigenvalue weighted by atomic mass is 15.3. The molecule has 0 fully saturated rings. The molecule has 0 unspecified atom stereocenters. The van der Waals surface area contributed by atoms with Gasteiger partial charge < -0.3 is 0 Å². The second kappa shape index (κ2) is 8.34. The van der Waals surface area contributed by atoms with Crippen LogP contribution < -0.4 is 0 Å². The summed E-state index contributed by atoms with van der Waals surface area (Å²) in [4.78, 5) is 5.25. The van der Waals surface area contributed by atoms with Gasteiger partial charge in [0.25, 0.3) is 0 Å². The van der Waals surface area contributed by atoms with Gasteiger partial charge in [-0.2, -0.15) is 0 Å². The van der Waals surface area contributed by atoms with Crippen molar-refractivity contribution in [3.05, 3.63) is 146 Å². The fourth-order valence-corrected chi connectivity index (χ4v) is 7.23. The lowest BCUT2D eigenvalue weighted by atomic mass is 9.94. The lowest BCUT2D eigenvalue weighted by Gasteiger charge is -2.12. The molecule has 0 spiro atoms. The van der Waals surface area contributed by atoms with E-state index in [9.17, 15) is 0 Å². The molecule has 0 bridgehead atoms. The molecule has 43 heavy (non-hydrogen) atoms. The fraction of sp³-hybridized carbons (Fsp3) is 0. The van der Waals surface area contributed by atoms with Crippen molar-refractivity contribution in [3.8, 4) is 11.4 Å². The van der Waals surface area contributed by atoms with Gasteiger partial charge in [0.1, 0.15) is 5.52 Å². The van der Waals surface area contributed by atoms with E-state index in [0.717, 1.165) is 39.3 Å². The number of para-hydroxylation sites is 4. The number of imidazole rings is 2. The molecule has 3 aromatic heterocycles. The standard InChI is InChI=1S/C39H24N4/c1-2-12-25(13-3-1)41-35-20-10-8-18-32(35)37-38(41)43-36-21-11-9-19-34(36)40-39(43)42(37)26-22-23-31-29-16-5-4-14-27(29)28-15-6-7-17-30(28)33(31)24-26/h1-24H.